The maximum Gasteiger partial charge on any atom is 0.0641 e. The predicted octanol–water partition coefficient (Wildman–Crippen LogP) is 0.391. The Labute approximate surface area is 42.9 Å². The molecule has 0 bridgehead atoms. The van der Waals surface area contributed by atoms with E-state index in [0.717, 1.165) is 12.8 Å². The molecule has 2 N–H and O–H groups in total. The van der Waals surface area contributed by atoms with Crippen LogP contribution in [0.5, 0.6) is 0 Å². The summed E-state index contributed by atoms with van der Waals surface area (Å²) in [6.45, 7) is 0. The quantitative estimate of drug-likeness (QED) is 0.513. The van der Waals surface area contributed by atoms with Crippen LogP contribution in [-0.2, 0) is 0 Å². The number of nitriles is 1. The lowest BCUT2D eigenvalue weighted by Crippen LogP contribution is -2.19. The molecule has 0 atom stereocenters. The standard InChI is InChI=1S/C5H8N2/c6-4-3-5(7)1-2-5/h1-3,7H2. The lowest BCUT2D eigenvalue weighted by atomic mass is 10.2. The fourth-order valence-electron chi connectivity index (χ4n) is 0.495. The summed E-state index contributed by atoms with van der Waals surface area (Å²) in [6.07, 6.45) is 2.62. The van der Waals surface area contributed by atoms with Gasteiger partial charge >= 0.3 is 0 Å². The lowest BCUT2D eigenvalue weighted by Gasteiger charge is -1.95. The first-order valence-electron chi connectivity index (χ1n) is 2.43. The van der Waals surface area contributed by atoms with Crippen LogP contribution in [0.4, 0.5) is 0 Å². The maximum absolute atomic E-state index is 8.11. The minimum atomic E-state index is -0.0608. The molecule has 0 saturated heterocycles. The van der Waals surface area contributed by atoms with Gasteiger partial charge < -0.3 is 5.73 Å². The van der Waals surface area contributed by atoms with E-state index in [4.69, 9.17) is 11.0 Å². The summed E-state index contributed by atoms with van der Waals surface area (Å²) in [5.74, 6) is 0. The smallest absolute Gasteiger partial charge is 0.0641 e. The lowest BCUT2D eigenvalue weighted by molar-refractivity contribution is 0.696. The van der Waals surface area contributed by atoms with Crippen molar-refractivity contribution in [2.24, 2.45) is 5.73 Å². The molecular weight excluding hydrogens is 88.1 g/mol. The van der Waals surface area contributed by atoms with Crippen LogP contribution in [0.3, 0.4) is 0 Å². The molecule has 38 valence electrons. The first-order chi connectivity index (χ1) is 3.27. The zero-order chi connectivity index (χ0) is 5.33. The second kappa shape index (κ2) is 1.21. The van der Waals surface area contributed by atoms with Crippen LogP contribution in [0.25, 0.3) is 0 Å². The zero-order valence-corrected chi connectivity index (χ0v) is 4.15. The van der Waals surface area contributed by atoms with Crippen LogP contribution >= 0.6 is 0 Å². The average molecular weight is 96.1 g/mol. The Morgan fingerprint density at radius 3 is 2.43 bits per heavy atom. The Balaban J connectivity index is 2.30. The molecule has 1 aliphatic rings. The monoisotopic (exact) mass is 96.1 g/mol. The van der Waals surface area contributed by atoms with Crippen molar-refractivity contribution in [3.63, 3.8) is 0 Å². The molecule has 0 radical (unpaired) electrons. The Morgan fingerprint density at radius 1 is 1.71 bits per heavy atom. The van der Waals surface area contributed by atoms with Crippen molar-refractivity contribution in [2.75, 3.05) is 0 Å². The topological polar surface area (TPSA) is 49.8 Å². The van der Waals surface area contributed by atoms with Gasteiger partial charge in [-0.3, -0.25) is 0 Å². The van der Waals surface area contributed by atoms with Crippen LogP contribution < -0.4 is 5.73 Å². The number of nitrogens with zero attached hydrogens (tertiary/aromatic N) is 1. The molecule has 1 aliphatic carbocycles. The Hall–Kier alpha value is -0.550. The van der Waals surface area contributed by atoms with Crippen LogP contribution in [0.2, 0.25) is 0 Å². The van der Waals surface area contributed by atoms with Crippen LogP contribution in [0, 0.1) is 11.3 Å². The first-order valence-corrected chi connectivity index (χ1v) is 2.43. The molecule has 0 aromatic rings. The van der Waals surface area contributed by atoms with E-state index in [1.807, 2.05) is 6.07 Å². The molecule has 0 spiro atoms. The molecule has 0 unspecified atom stereocenters. The van der Waals surface area contributed by atoms with Gasteiger partial charge in [0.2, 0.25) is 0 Å². The van der Waals surface area contributed by atoms with Gasteiger partial charge in [0.25, 0.3) is 0 Å². The molecule has 0 heterocycles. The number of hydrogen-bond donors (Lipinski definition) is 1. The summed E-state index contributed by atoms with van der Waals surface area (Å²) in [7, 11) is 0. The highest BCUT2D eigenvalue weighted by Gasteiger charge is 2.37. The highest BCUT2D eigenvalue weighted by Crippen LogP contribution is 2.34. The van der Waals surface area contributed by atoms with E-state index in [0.29, 0.717) is 6.42 Å². The summed E-state index contributed by atoms with van der Waals surface area (Å²) in [5.41, 5.74) is 5.47. The summed E-state index contributed by atoms with van der Waals surface area (Å²) >= 11 is 0. The van der Waals surface area contributed by atoms with Crippen molar-refractivity contribution in [2.45, 2.75) is 24.8 Å². The molecule has 1 rings (SSSR count). The van der Waals surface area contributed by atoms with Crippen LogP contribution in [0.1, 0.15) is 19.3 Å². The molecular formula is C5H8N2. The molecule has 0 aromatic heterocycles. The highest BCUT2D eigenvalue weighted by molar-refractivity contribution is 5.04. The Kier molecular flexibility index (Phi) is 0.795. The van der Waals surface area contributed by atoms with E-state index in [2.05, 4.69) is 0 Å². The molecule has 1 fully saturated rings. The van der Waals surface area contributed by atoms with Gasteiger partial charge in [-0.1, -0.05) is 0 Å². The zero-order valence-electron chi connectivity index (χ0n) is 4.15. The predicted molar refractivity (Wildman–Crippen MR) is 26.4 cm³/mol. The number of nitrogens with two attached hydrogens (primary N) is 1. The van der Waals surface area contributed by atoms with E-state index >= 15 is 0 Å². The Bertz CT molecular complexity index is 108. The van der Waals surface area contributed by atoms with Crippen molar-refractivity contribution in [3.8, 4) is 6.07 Å². The van der Waals surface area contributed by atoms with E-state index in [1.54, 1.807) is 0 Å². The van der Waals surface area contributed by atoms with E-state index in [-0.39, 0.29) is 5.54 Å². The largest absolute Gasteiger partial charge is 0.324 e. The van der Waals surface area contributed by atoms with Gasteiger partial charge in [0, 0.05) is 5.54 Å². The molecule has 0 amide bonds. The van der Waals surface area contributed by atoms with Gasteiger partial charge in [0.1, 0.15) is 0 Å². The Morgan fingerprint density at radius 2 is 2.29 bits per heavy atom. The fraction of sp³-hybridized carbons (Fsp3) is 0.800. The average Bonchev–Trinajstić information content (AvgIpc) is 2.22. The minimum Gasteiger partial charge on any atom is -0.324 e. The molecule has 0 aliphatic heterocycles. The van der Waals surface area contributed by atoms with Gasteiger partial charge in [0.15, 0.2) is 0 Å². The summed E-state index contributed by atoms with van der Waals surface area (Å²) in [6, 6.07) is 2.05. The van der Waals surface area contributed by atoms with E-state index < -0.39 is 0 Å². The number of rotatable bonds is 1. The van der Waals surface area contributed by atoms with Gasteiger partial charge in [-0.2, -0.15) is 5.26 Å². The molecule has 1 saturated carbocycles. The first kappa shape index (κ1) is 4.61. The third-order valence-electron chi connectivity index (χ3n) is 1.32. The van der Waals surface area contributed by atoms with Gasteiger partial charge in [0.05, 0.1) is 12.5 Å². The normalized spacial score (nSPS) is 23.4. The molecule has 7 heavy (non-hydrogen) atoms. The molecule has 0 aromatic carbocycles. The molecule has 2 heteroatoms. The third-order valence-corrected chi connectivity index (χ3v) is 1.32. The van der Waals surface area contributed by atoms with Crippen LogP contribution in [0.15, 0.2) is 0 Å². The fourth-order valence-corrected chi connectivity index (χ4v) is 0.495. The van der Waals surface area contributed by atoms with Gasteiger partial charge in [-0.25, -0.2) is 0 Å². The summed E-state index contributed by atoms with van der Waals surface area (Å²) in [4.78, 5) is 0. The van der Waals surface area contributed by atoms with Crippen molar-refractivity contribution >= 4 is 0 Å². The van der Waals surface area contributed by atoms with Crippen molar-refractivity contribution in [3.05, 3.63) is 0 Å². The van der Waals surface area contributed by atoms with E-state index in [9.17, 15) is 0 Å². The minimum absolute atomic E-state index is 0.0608. The van der Waals surface area contributed by atoms with Crippen molar-refractivity contribution in [1.82, 2.24) is 0 Å². The second-order valence-electron chi connectivity index (χ2n) is 2.20. The summed E-state index contributed by atoms with van der Waals surface area (Å²) < 4.78 is 0. The maximum atomic E-state index is 8.11. The number of hydrogen-bond acceptors (Lipinski definition) is 2. The highest BCUT2D eigenvalue weighted by atomic mass is 14.8. The van der Waals surface area contributed by atoms with Crippen LogP contribution in [-0.4, -0.2) is 5.54 Å². The van der Waals surface area contributed by atoms with Gasteiger partial charge in [-0.05, 0) is 12.8 Å². The summed E-state index contributed by atoms with van der Waals surface area (Å²) in [5, 5.41) is 8.11. The van der Waals surface area contributed by atoms with E-state index in [1.165, 1.54) is 0 Å². The molecule has 2 nitrogen and oxygen atoms in total. The third kappa shape index (κ3) is 0.908. The second-order valence-corrected chi connectivity index (χ2v) is 2.20. The van der Waals surface area contributed by atoms with Gasteiger partial charge in [-0.15, -0.1) is 0 Å². The van der Waals surface area contributed by atoms with Crippen molar-refractivity contribution < 1.29 is 0 Å². The SMILES string of the molecule is N#CCC1(N)CC1. The van der Waals surface area contributed by atoms with Crippen molar-refractivity contribution in [1.29, 1.82) is 5.26 Å².